The Kier molecular flexibility index (Phi) is 24.4. The molecule has 0 aliphatic carbocycles. The maximum atomic E-state index is 8.25. The maximum Gasteiger partial charge on any atom is 1.00 e. The number of rotatable bonds is 0. The van der Waals surface area contributed by atoms with E-state index in [1.807, 2.05) is 0 Å². The first-order valence-electron chi connectivity index (χ1n) is 0.548. The van der Waals surface area contributed by atoms with Gasteiger partial charge in [-0.3, -0.25) is 0 Å². The fourth-order valence-corrected chi connectivity index (χ4v) is 0. The molecule has 0 fully saturated rings. The third kappa shape index (κ3) is 126. The van der Waals surface area contributed by atoms with Crippen LogP contribution in [-0.4, -0.2) is 5.09 Å². The number of hydrogen-bond donors (Lipinski definition) is 0. The third-order valence-corrected chi connectivity index (χ3v) is 0. The maximum absolute atomic E-state index is 8.25. The van der Waals surface area contributed by atoms with Crippen molar-refractivity contribution in [3.8, 4) is 0 Å². The van der Waals surface area contributed by atoms with Gasteiger partial charge in [-0.15, -0.1) is 0 Å². The predicted molar refractivity (Wildman–Crippen MR) is 10.4 cm³/mol. The number of nitrogens with zero attached hydrogens (tertiary/aromatic N) is 1. The van der Waals surface area contributed by atoms with E-state index in [9.17, 15) is 0 Å². The molecule has 0 heterocycles. The van der Waals surface area contributed by atoms with Crippen LogP contribution in [0.2, 0.25) is 0 Å². The summed E-state index contributed by atoms with van der Waals surface area (Å²) in [5.74, 6) is 0. The van der Waals surface area contributed by atoms with Crippen molar-refractivity contribution in [3.63, 3.8) is 0 Å². The van der Waals surface area contributed by atoms with Crippen LogP contribution < -0.4 is 29.6 Å². The molecule has 0 radical (unpaired) electrons. The SMILES string of the molecule is O=[N+]([O-])[O-].[Fe].[Na+]. The second kappa shape index (κ2) is 9.21. The van der Waals surface area contributed by atoms with E-state index in [0.29, 0.717) is 0 Å². The van der Waals surface area contributed by atoms with Gasteiger partial charge in [0.15, 0.2) is 0 Å². The molecular formula is FeNNaO3. The Morgan fingerprint density at radius 3 is 1.33 bits per heavy atom. The minimum atomic E-state index is -1.75. The van der Waals surface area contributed by atoms with Crippen molar-refractivity contribution < 1.29 is 51.7 Å². The predicted octanol–water partition coefficient (Wildman–Crippen LogP) is -3.24. The Morgan fingerprint density at radius 2 is 1.33 bits per heavy atom. The molecule has 0 spiro atoms. The van der Waals surface area contributed by atoms with E-state index in [1.54, 1.807) is 0 Å². The van der Waals surface area contributed by atoms with Gasteiger partial charge in [0.2, 0.25) is 0 Å². The monoisotopic (exact) mass is 141 g/mol. The Morgan fingerprint density at radius 1 is 1.33 bits per heavy atom. The van der Waals surface area contributed by atoms with Gasteiger partial charge >= 0.3 is 29.6 Å². The molecule has 6 heavy (non-hydrogen) atoms. The molecule has 0 unspecified atom stereocenters. The van der Waals surface area contributed by atoms with Crippen molar-refractivity contribution in [3.05, 3.63) is 15.3 Å². The van der Waals surface area contributed by atoms with Gasteiger partial charge in [-0.25, -0.2) is 0 Å². The van der Waals surface area contributed by atoms with Gasteiger partial charge in [0, 0.05) is 17.1 Å². The molecule has 0 saturated carbocycles. The van der Waals surface area contributed by atoms with Crippen molar-refractivity contribution in [1.29, 1.82) is 0 Å². The standard InChI is InChI=1S/Fe.NO3.Na/c;2-1(3)4;/q;-1;+1. The Balaban J connectivity index is -0.0000000450. The molecule has 0 amide bonds. The van der Waals surface area contributed by atoms with Crippen LogP contribution in [0, 0.1) is 15.3 Å². The third-order valence-electron chi connectivity index (χ3n) is 0. The zero-order chi connectivity index (χ0) is 3.58. The van der Waals surface area contributed by atoms with Crippen LogP contribution in [0.15, 0.2) is 0 Å². The molecule has 32 valence electrons. The largest absolute Gasteiger partial charge is 1.00 e. The summed E-state index contributed by atoms with van der Waals surface area (Å²) < 4.78 is 0. The van der Waals surface area contributed by atoms with Crippen LogP contribution in [0.5, 0.6) is 0 Å². The summed E-state index contributed by atoms with van der Waals surface area (Å²) in [6.07, 6.45) is 0. The minimum Gasteiger partial charge on any atom is -0.356 e. The molecule has 0 aromatic heterocycles. The van der Waals surface area contributed by atoms with Crippen LogP contribution in [0.3, 0.4) is 0 Å². The van der Waals surface area contributed by atoms with E-state index in [-0.39, 0.29) is 46.6 Å². The molecule has 4 nitrogen and oxygen atoms in total. The molecule has 0 atom stereocenters. The van der Waals surface area contributed by atoms with Crippen LogP contribution in [0.25, 0.3) is 0 Å². The Bertz CT molecular complexity index is 33.8. The van der Waals surface area contributed by atoms with Gasteiger partial charge in [-0.05, 0) is 0 Å². The zero-order valence-electron chi connectivity index (χ0n) is 3.03. The van der Waals surface area contributed by atoms with Gasteiger partial charge in [0.1, 0.15) is 0 Å². The fraction of sp³-hybridized carbons (Fsp3) is 0. The van der Waals surface area contributed by atoms with Crippen LogP contribution >= 0.6 is 0 Å². The average molecular weight is 141 g/mol. The smallest absolute Gasteiger partial charge is 0.356 e. The van der Waals surface area contributed by atoms with Crippen molar-refractivity contribution in [1.82, 2.24) is 0 Å². The summed E-state index contributed by atoms with van der Waals surface area (Å²) in [6, 6.07) is 0. The quantitative estimate of drug-likeness (QED) is 0.202. The van der Waals surface area contributed by atoms with Gasteiger partial charge in [-0.2, -0.15) is 0 Å². The minimum absolute atomic E-state index is 0. The van der Waals surface area contributed by atoms with Gasteiger partial charge in [0.25, 0.3) is 0 Å². The van der Waals surface area contributed by atoms with E-state index in [2.05, 4.69) is 0 Å². The van der Waals surface area contributed by atoms with E-state index >= 15 is 0 Å². The zero-order valence-corrected chi connectivity index (χ0v) is 6.13. The first-order chi connectivity index (χ1) is 1.73. The van der Waals surface area contributed by atoms with E-state index in [4.69, 9.17) is 15.3 Å². The summed E-state index contributed by atoms with van der Waals surface area (Å²) in [5, 5.41) is 14.8. The molecule has 0 rings (SSSR count). The first-order valence-corrected chi connectivity index (χ1v) is 0.548. The van der Waals surface area contributed by atoms with Crippen molar-refractivity contribution >= 4 is 0 Å². The van der Waals surface area contributed by atoms with E-state index in [1.165, 1.54) is 0 Å². The molecule has 0 N–H and O–H groups in total. The summed E-state index contributed by atoms with van der Waals surface area (Å²) >= 11 is 0. The van der Waals surface area contributed by atoms with E-state index < -0.39 is 5.09 Å². The fourth-order valence-electron chi connectivity index (χ4n) is 0. The van der Waals surface area contributed by atoms with Gasteiger partial charge in [0.05, 0.1) is 5.09 Å². The molecule has 0 saturated heterocycles. The number of hydrogen-bond acceptors (Lipinski definition) is 3. The normalized spacial score (nSPS) is 4.00. The topological polar surface area (TPSA) is 66.2 Å². The summed E-state index contributed by atoms with van der Waals surface area (Å²) in [6.45, 7) is 0. The summed E-state index contributed by atoms with van der Waals surface area (Å²) in [5.41, 5.74) is 0. The molecule has 6 heteroatoms. The molecule has 0 aromatic rings. The molecular weight excluding hydrogens is 141 g/mol. The van der Waals surface area contributed by atoms with Crippen LogP contribution in [-0.2, 0) is 17.1 Å². The summed E-state index contributed by atoms with van der Waals surface area (Å²) in [7, 11) is 0. The van der Waals surface area contributed by atoms with Crippen LogP contribution in [0.4, 0.5) is 0 Å². The van der Waals surface area contributed by atoms with Gasteiger partial charge in [-0.1, -0.05) is 0 Å². The van der Waals surface area contributed by atoms with Crippen molar-refractivity contribution in [2.75, 3.05) is 0 Å². The first kappa shape index (κ1) is 15.9. The second-order valence-corrected chi connectivity index (χ2v) is 0.224. The Hall–Kier alpha value is 0.719. The summed E-state index contributed by atoms with van der Waals surface area (Å²) in [4.78, 5) is 8.25. The van der Waals surface area contributed by atoms with Crippen molar-refractivity contribution in [2.45, 2.75) is 0 Å². The molecule has 0 bridgehead atoms. The van der Waals surface area contributed by atoms with Gasteiger partial charge < -0.3 is 15.3 Å². The van der Waals surface area contributed by atoms with E-state index in [0.717, 1.165) is 0 Å². The Labute approximate surface area is 66.8 Å². The average Bonchev–Trinajstić information content (AvgIpc) is 0.811. The molecule has 0 aromatic carbocycles. The molecule has 0 aliphatic rings. The second-order valence-electron chi connectivity index (χ2n) is 0.224. The van der Waals surface area contributed by atoms with Crippen LogP contribution in [0.1, 0.15) is 0 Å². The molecule has 0 aliphatic heterocycles. The van der Waals surface area contributed by atoms with Crippen molar-refractivity contribution in [2.24, 2.45) is 0 Å².